The van der Waals surface area contributed by atoms with Crippen molar-refractivity contribution >= 4 is 59.2 Å². The van der Waals surface area contributed by atoms with E-state index in [2.05, 4.69) is 63.3 Å². The number of nitrogens with one attached hydrogen (secondary N) is 1. The highest BCUT2D eigenvalue weighted by Gasteiger charge is 2.54. The fourth-order valence-electron chi connectivity index (χ4n) is 7.48. The quantitative estimate of drug-likeness (QED) is 0.0973. The van der Waals surface area contributed by atoms with Crippen LogP contribution in [-0.4, -0.2) is 87.8 Å². The van der Waals surface area contributed by atoms with Crippen molar-refractivity contribution in [1.29, 1.82) is 0 Å². The summed E-state index contributed by atoms with van der Waals surface area (Å²) in [6.07, 6.45) is 10.2. The summed E-state index contributed by atoms with van der Waals surface area (Å²) in [5, 5.41) is 5.71. The summed E-state index contributed by atoms with van der Waals surface area (Å²) in [4.78, 5) is 16.7. The molecule has 0 bridgehead atoms. The standard InChI is InChI=1S/C36H51Cl2N7O3Si/c1-36(2)47-32-23(17-30(33(32)48-36)44-14-12-25-34(41-24-10-11-24)39-21-40-35(25)44)20-43(3)13-8-7-9-31-42-28-18-26(37)27(38)19-29(28)45(31)22-46-15-16-49(4,5)6/h12,14,18-19,21,23-24,30,32-33H,7-11,13,15-17,20,22H2,1-6H3,(H,39,40,41). The second kappa shape index (κ2) is 14.0. The molecule has 49 heavy (non-hydrogen) atoms. The molecule has 7 rings (SSSR count). The topological polar surface area (TPSA) is 91.5 Å². The molecule has 0 amide bonds. The SMILES string of the molecule is CN(CCCCc1nc2cc(Cl)c(Cl)cc2n1COCC[Si](C)(C)C)CC1CC(n2ccc3c(NC4CC4)ncnc32)C2OC(C)(C)OC12. The van der Waals surface area contributed by atoms with Crippen LogP contribution in [0.25, 0.3) is 22.1 Å². The molecule has 10 nitrogen and oxygen atoms in total. The Morgan fingerprint density at radius 1 is 1.08 bits per heavy atom. The number of hydrogen-bond acceptors (Lipinski definition) is 8. The number of anilines is 1. The Morgan fingerprint density at radius 2 is 1.86 bits per heavy atom. The fraction of sp³-hybridized carbons (Fsp3) is 0.639. The van der Waals surface area contributed by atoms with Gasteiger partial charge in [-0.2, -0.15) is 0 Å². The summed E-state index contributed by atoms with van der Waals surface area (Å²) in [5.74, 6) is 1.68. The van der Waals surface area contributed by atoms with Crippen molar-refractivity contribution in [3.05, 3.63) is 46.6 Å². The minimum Gasteiger partial charge on any atom is -0.367 e. The van der Waals surface area contributed by atoms with Gasteiger partial charge in [-0.15, -0.1) is 0 Å². The highest BCUT2D eigenvalue weighted by molar-refractivity contribution is 6.76. The fourth-order valence-corrected chi connectivity index (χ4v) is 8.55. The number of halogens is 2. The van der Waals surface area contributed by atoms with Crippen molar-refractivity contribution in [3.63, 3.8) is 0 Å². The van der Waals surface area contributed by atoms with E-state index in [1.807, 2.05) is 26.0 Å². The molecule has 3 aromatic heterocycles. The lowest BCUT2D eigenvalue weighted by atomic mass is 10.0. The monoisotopic (exact) mass is 727 g/mol. The lowest BCUT2D eigenvalue weighted by Crippen LogP contribution is -2.34. The number of ether oxygens (including phenoxy) is 3. The van der Waals surface area contributed by atoms with Gasteiger partial charge in [-0.25, -0.2) is 15.0 Å². The van der Waals surface area contributed by atoms with Gasteiger partial charge in [-0.3, -0.25) is 0 Å². The molecule has 4 unspecified atom stereocenters. The van der Waals surface area contributed by atoms with Gasteiger partial charge in [0.15, 0.2) is 5.79 Å². The zero-order chi connectivity index (χ0) is 34.5. The van der Waals surface area contributed by atoms with Gasteiger partial charge in [0.1, 0.15) is 36.5 Å². The number of benzene rings is 1. The molecular formula is C36H51Cl2N7O3Si. The van der Waals surface area contributed by atoms with E-state index >= 15 is 0 Å². The van der Waals surface area contributed by atoms with E-state index in [0.717, 1.165) is 85.1 Å². The van der Waals surface area contributed by atoms with Crippen LogP contribution in [-0.2, 0) is 27.4 Å². The molecule has 4 aromatic rings. The smallest absolute Gasteiger partial charge is 0.163 e. The van der Waals surface area contributed by atoms with Gasteiger partial charge in [0.2, 0.25) is 0 Å². The molecule has 3 fully saturated rings. The van der Waals surface area contributed by atoms with Crippen LogP contribution in [0.1, 0.15) is 57.8 Å². The number of aromatic nitrogens is 5. The van der Waals surface area contributed by atoms with E-state index in [0.29, 0.717) is 28.7 Å². The largest absolute Gasteiger partial charge is 0.367 e. The highest BCUT2D eigenvalue weighted by atomic mass is 35.5. The molecule has 4 atom stereocenters. The van der Waals surface area contributed by atoms with Crippen LogP contribution >= 0.6 is 23.2 Å². The molecule has 0 spiro atoms. The first-order valence-corrected chi connectivity index (χ1v) is 22.4. The van der Waals surface area contributed by atoms with Crippen molar-refractivity contribution in [2.24, 2.45) is 5.92 Å². The zero-order valence-electron chi connectivity index (χ0n) is 29.7. The summed E-state index contributed by atoms with van der Waals surface area (Å²) >= 11 is 12.8. The van der Waals surface area contributed by atoms with Crippen molar-refractivity contribution in [1.82, 2.24) is 29.0 Å². The Labute approximate surface area is 300 Å². The molecule has 1 aliphatic heterocycles. The van der Waals surface area contributed by atoms with Gasteiger partial charge in [0.25, 0.3) is 0 Å². The predicted molar refractivity (Wildman–Crippen MR) is 199 cm³/mol. The Bertz CT molecular complexity index is 1790. The van der Waals surface area contributed by atoms with Gasteiger partial charge >= 0.3 is 0 Å². The third-order valence-electron chi connectivity index (χ3n) is 10.2. The van der Waals surface area contributed by atoms with Crippen molar-refractivity contribution in [2.45, 2.75) is 115 Å². The van der Waals surface area contributed by atoms with Crippen LogP contribution in [0.15, 0.2) is 30.7 Å². The Balaban J connectivity index is 0.980. The average molecular weight is 729 g/mol. The molecule has 1 saturated heterocycles. The summed E-state index contributed by atoms with van der Waals surface area (Å²) in [6.45, 7) is 14.3. The van der Waals surface area contributed by atoms with Crippen molar-refractivity contribution in [3.8, 4) is 0 Å². The molecule has 2 aliphatic carbocycles. The normalized spacial score (nSPS) is 23.7. The predicted octanol–water partition coefficient (Wildman–Crippen LogP) is 8.01. The van der Waals surface area contributed by atoms with E-state index in [1.165, 1.54) is 12.8 Å². The van der Waals surface area contributed by atoms with Gasteiger partial charge < -0.3 is 33.6 Å². The molecular weight excluding hydrogens is 677 g/mol. The third-order valence-corrected chi connectivity index (χ3v) is 12.6. The Morgan fingerprint density at radius 3 is 2.63 bits per heavy atom. The number of fused-ring (bicyclic) bond motifs is 3. The third kappa shape index (κ3) is 7.98. The van der Waals surface area contributed by atoms with Crippen LogP contribution in [0.2, 0.25) is 35.7 Å². The minimum absolute atomic E-state index is 0.0261. The van der Waals surface area contributed by atoms with Crippen LogP contribution in [0, 0.1) is 5.92 Å². The number of aryl methyl sites for hydroxylation is 1. The zero-order valence-corrected chi connectivity index (χ0v) is 32.2. The maximum atomic E-state index is 6.57. The van der Waals surface area contributed by atoms with Gasteiger partial charge in [0, 0.05) is 45.8 Å². The molecule has 2 saturated carbocycles. The first-order valence-electron chi connectivity index (χ1n) is 17.9. The van der Waals surface area contributed by atoms with Crippen LogP contribution in [0.4, 0.5) is 5.82 Å². The molecule has 4 heterocycles. The second-order valence-corrected chi connectivity index (χ2v) is 22.4. The van der Waals surface area contributed by atoms with Crippen molar-refractivity contribution < 1.29 is 14.2 Å². The number of nitrogens with zero attached hydrogens (tertiary/aromatic N) is 6. The number of hydrogen-bond donors (Lipinski definition) is 1. The summed E-state index contributed by atoms with van der Waals surface area (Å²) in [6, 6.07) is 7.72. The van der Waals surface area contributed by atoms with Crippen LogP contribution in [0.5, 0.6) is 0 Å². The van der Waals surface area contributed by atoms with Gasteiger partial charge in [-0.1, -0.05) is 42.8 Å². The first-order chi connectivity index (χ1) is 23.3. The maximum Gasteiger partial charge on any atom is 0.163 e. The van der Waals surface area contributed by atoms with E-state index in [4.69, 9.17) is 47.4 Å². The maximum absolute atomic E-state index is 6.57. The second-order valence-electron chi connectivity index (χ2n) is 16.0. The van der Waals surface area contributed by atoms with E-state index < -0.39 is 13.9 Å². The molecule has 1 N–H and O–H groups in total. The molecule has 266 valence electrons. The van der Waals surface area contributed by atoms with Gasteiger partial charge in [0.05, 0.1) is 38.6 Å². The molecule has 1 aromatic carbocycles. The Kier molecular flexibility index (Phi) is 10.1. The number of unbranched alkanes of at least 4 members (excludes halogenated alkanes) is 1. The lowest BCUT2D eigenvalue weighted by Gasteiger charge is -2.27. The van der Waals surface area contributed by atoms with E-state index in [9.17, 15) is 0 Å². The molecule has 13 heteroatoms. The summed E-state index contributed by atoms with van der Waals surface area (Å²) < 4.78 is 23.8. The van der Waals surface area contributed by atoms with Crippen LogP contribution < -0.4 is 5.32 Å². The number of rotatable bonds is 15. The molecule has 3 aliphatic rings. The van der Waals surface area contributed by atoms with Gasteiger partial charge in [-0.05, 0) is 83.8 Å². The lowest BCUT2D eigenvalue weighted by molar-refractivity contribution is -0.160. The minimum atomic E-state index is -1.18. The first kappa shape index (κ1) is 35.2. The van der Waals surface area contributed by atoms with Crippen molar-refractivity contribution in [2.75, 3.05) is 32.1 Å². The molecule has 0 radical (unpaired) electrons. The van der Waals surface area contributed by atoms with Crippen LogP contribution in [0.3, 0.4) is 0 Å². The average Bonchev–Trinajstić information content (AvgIpc) is 3.34. The van der Waals surface area contributed by atoms with E-state index in [-0.39, 0.29) is 18.2 Å². The summed E-state index contributed by atoms with van der Waals surface area (Å²) in [7, 11) is 1.05. The van der Waals surface area contributed by atoms with E-state index in [1.54, 1.807) is 6.33 Å². The summed E-state index contributed by atoms with van der Waals surface area (Å²) in [5.41, 5.74) is 2.79. The Hall–Kier alpha value is -2.25. The number of imidazole rings is 1. The highest BCUT2D eigenvalue weighted by Crippen LogP contribution is 2.48.